The van der Waals surface area contributed by atoms with Crippen LogP contribution in [0, 0.1) is 5.82 Å². The molecule has 9 heteroatoms. The van der Waals surface area contributed by atoms with Crippen molar-refractivity contribution in [2.24, 2.45) is 0 Å². The fourth-order valence-electron chi connectivity index (χ4n) is 2.18. The Morgan fingerprint density at radius 2 is 1.84 bits per heavy atom. The largest absolute Gasteiger partial charge is 0.336 e. The van der Waals surface area contributed by atoms with Crippen LogP contribution in [0.25, 0.3) is 6.08 Å². The van der Waals surface area contributed by atoms with Crippen molar-refractivity contribution in [2.45, 2.75) is 5.16 Å². The number of hydrogen-bond donors (Lipinski definition) is 1. The molecule has 126 valence electrons. The monoisotopic (exact) mass is 358 g/mol. The molecule has 2 aromatic rings. The summed E-state index contributed by atoms with van der Waals surface area (Å²) in [6.07, 6.45) is 5.94. The van der Waals surface area contributed by atoms with Crippen molar-refractivity contribution in [3.63, 3.8) is 0 Å². The Morgan fingerprint density at radius 1 is 1.16 bits per heavy atom. The minimum atomic E-state index is -1.01. The van der Waals surface area contributed by atoms with E-state index in [0.29, 0.717) is 15.6 Å². The predicted molar refractivity (Wildman–Crippen MR) is 89.2 cm³/mol. The lowest BCUT2D eigenvalue weighted by Gasteiger charge is -2.26. The van der Waals surface area contributed by atoms with Crippen molar-refractivity contribution < 1.29 is 18.8 Å². The van der Waals surface area contributed by atoms with Gasteiger partial charge in [-0.25, -0.2) is 24.1 Å². The second-order valence-corrected chi connectivity index (χ2v) is 5.69. The number of para-hydroxylation sites is 1. The predicted octanol–water partition coefficient (Wildman–Crippen LogP) is 2.00. The Hall–Kier alpha value is -3.07. The van der Waals surface area contributed by atoms with Crippen LogP contribution in [-0.2, 0) is 9.59 Å². The zero-order valence-corrected chi connectivity index (χ0v) is 13.7. The van der Waals surface area contributed by atoms with E-state index in [1.807, 2.05) is 11.6 Å². The number of benzene rings is 1. The second-order valence-electron chi connectivity index (χ2n) is 4.91. The molecule has 3 rings (SSSR count). The first-order chi connectivity index (χ1) is 12.0. The zero-order chi connectivity index (χ0) is 18.0. The number of carbonyl (C=O) groups is 3. The average Bonchev–Trinajstić information content (AvgIpc) is 2.60. The highest BCUT2D eigenvalue weighted by molar-refractivity contribution is 7.98. The standard InChI is InChI=1S/C16H11FN4O3S/c1-25-15-18-7-9(8-19-15)6-10-13(22)20-16(24)21(14(10)23)12-5-3-2-4-11(12)17/h2-8H,1H3,(H,20,22,24)/b10-6+. The third-order valence-corrected chi connectivity index (χ3v) is 3.91. The number of rotatable bonds is 3. The molecule has 1 aromatic carbocycles. The fraction of sp³-hybridized carbons (Fsp3) is 0.0625. The minimum absolute atomic E-state index is 0.239. The van der Waals surface area contributed by atoms with Gasteiger partial charge in [-0.1, -0.05) is 23.9 Å². The molecule has 0 spiro atoms. The third-order valence-electron chi connectivity index (χ3n) is 3.34. The topological polar surface area (TPSA) is 92.3 Å². The number of thioether (sulfide) groups is 1. The molecule has 0 saturated carbocycles. The number of nitrogens with zero attached hydrogens (tertiary/aromatic N) is 3. The van der Waals surface area contributed by atoms with E-state index in [1.54, 1.807) is 0 Å². The van der Waals surface area contributed by atoms with Gasteiger partial charge in [0.2, 0.25) is 0 Å². The fourth-order valence-corrected chi connectivity index (χ4v) is 2.50. The molecule has 0 atom stereocenters. The van der Waals surface area contributed by atoms with E-state index < -0.39 is 23.7 Å². The number of hydrogen-bond acceptors (Lipinski definition) is 6. The van der Waals surface area contributed by atoms with Crippen LogP contribution in [0.2, 0.25) is 0 Å². The van der Waals surface area contributed by atoms with Gasteiger partial charge in [-0.05, 0) is 24.5 Å². The maximum atomic E-state index is 14.0. The Bertz CT molecular complexity index is 899. The van der Waals surface area contributed by atoms with Crippen molar-refractivity contribution >= 4 is 41.4 Å². The number of carbonyl (C=O) groups excluding carboxylic acids is 3. The van der Waals surface area contributed by atoms with Crippen LogP contribution >= 0.6 is 11.8 Å². The molecule has 0 aliphatic carbocycles. The van der Waals surface area contributed by atoms with Gasteiger partial charge in [-0.2, -0.15) is 0 Å². The summed E-state index contributed by atoms with van der Waals surface area (Å²) in [4.78, 5) is 45.3. The van der Waals surface area contributed by atoms with Gasteiger partial charge in [0.05, 0.1) is 5.69 Å². The molecular weight excluding hydrogens is 347 g/mol. The van der Waals surface area contributed by atoms with E-state index >= 15 is 0 Å². The molecule has 1 saturated heterocycles. The molecule has 1 aromatic heterocycles. The van der Waals surface area contributed by atoms with Crippen LogP contribution in [0.4, 0.5) is 14.9 Å². The van der Waals surface area contributed by atoms with Crippen LogP contribution in [0.1, 0.15) is 5.56 Å². The number of imide groups is 2. The number of halogens is 1. The molecule has 0 unspecified atom stereocenters. The first-order valence-electron chi connectivity index (χ1n) is 7.03. The molecule has 1 N–H and O–H groups in total. The lowest BCUT2D eigenvalue weighted by molar-refractivity contribution is -0.122. The van der Waals surface area contributed by atoms with Crippen molar-refractivity contribution in [3.05, 3.63) is 53.6 Å². The summed E-state index contributed by atoms with van der Waals surface area (Å²) in [6, 6.07) is 4.29. The first kappa shape index (κ1) is 16.8. The summed E-state index contributed by atoms with van der Waals surface area (Å²) >= 11 is 1.34. The van der Waals surface area contributed by atoms with Crippen molar-refractivity contribution in [1.82, 2.24) is 15.3 Å². The molecule has 0 radical (unpaired) electrons. The minimum Gasteiger partial charge on any atom is -0.273 e. The number of anilines is 1. The summed E-state index contributed by atoms with van der Waals surface area (Å²) in [5.74, 6) is -2.54. The highest BCUT2D eigenvalue weighted by Crippen LogP contribution is 2.24. The summed E-state index contributed by atoms with van der Waals surface area (Å²) in [5, 5.41) is 2.56. The lowest BCUT2D eigenvalue weighted by atomic mass is 10.1. The van der Waals surface area contributed by atoms with Gasteiger partial charge in [0.1, 0.15) is 11.4 Å². The van der Waals surface area contributed by atoms with E-state index in [4.69, 9.17) is 0 Å². The maximum Gasteiger partial charge on any atom is 0.336 e. The molecule has 1 aliphatic rings. The molecule has 0 bridgehead atoms. The zero-order valence-electron chi connectivity index (χ0n) is 12.9. The molecule has 2 heterocycles. The van der Waals surface area contributed by atoms with Gasteiger partial charge in [0, 0.05) is 18.0 Å². The summed E-state index contributed by atoms with van der Waals surface area (Å²) in [7, 11) is 0. The molecule has 1 aliphatic heterocycles. The summed E-state index contributed by atoms with van der Waals surface area (Å²) in [6.45, 7) is 0. The second kappa shape index (κ2) is 6.81. The Balaban J connectivity index is 2.00. The van der Waals surface area contributed by atoms with E-state index in [0.717, 1.165) is 6.07 Å². The molecule has 4 amide bonds. The number of barbiturate groups is 1. The number of urea groups is 1. The lowest BCUT2D eigenvalue weighted by Crippen LogP contribution is -2.54. The maximum absolute atomic E-state index is 14.0. The van der Waals surface area contributed by atoms with E-state index in [2.05, 4.69) is 9.97 Å². The van der Waals surface area contributed by atoms with Gasteiger partial charge < -0.3 is 0 Å². The molecular formula is C16H11FN4O3S. The van der Waals surface area contributed by atoms with Crippen LogP contribution in [0.15, 0.2) is 47.4 Å². The van der Waals surface area contributed by atoms with Crippen LogP contribution in [0.3, 0.4) is 0 Å². The van der Waals surface area contributed by atoms with Crippen LogP contribution in [-0.4, -0.2) is 34.1 Å². The first-order valence-corrected chi connectivity index (χ1v) is 8.25. The van der Waals surface area contributed by atoms with E-state index in [9.17, 15) is 18.8 Å². The highest BCUT2D eigenvalue weighted by atomic mass is 32.2. The van der Waals surface area contributed by atoms with E-state index in [1.165, 1.54) is 48.4 Å². The third kappa shape index (κ3) is 3.26. The molecule has 7 nitrogen and oxygen atoms in total. The number of nitrogens with one attached hydrogen (secondary N) is 1. The number of aromatic nitrogens is 2. The Kier molecular flexibility index (Phi) is 4.57. The van der Waals surface area contributed by atoms with Crippen LogP contribution < -0.4 is 10.2 Å². The Labute approximate surface area is 146 Å². The van der Waals surface area contributed by atoms with Gasteiger partial charge in [0.25, 0.3) is 11.8 Å². The Morgan fingerprint density at radius 3 is 2.48 bits per heavy atom. The average molecular weight is 358 g/mol. The molecule has 25 heavy (non-hydrogen) atoms. The van der Waals surface area contributed by atoms with Gasteiger partial charge in [-0.3, -0.25) is 14.9 Å². The highest BCUT2D eigenvalue weighted by Gasteiger charge is 2.37. The van der Waals surface area contributed by atoms with Gasteiger partial charge >= 0.3 is 6.03 Å². The van der Waals surface area contributed by atoms with E-state index in [-0.39, 0.29) is 11.3 Å². The summed E-state index contributed by atoms with van der Waals surface area (Å²) < 4.78 is 14.0. The SMILES string of the molecule is CSc1ncc(/C=C2\C(=O)NC(=O)N(c3ccccc3F)C2=O)cn1. The van der Waals surface area contributed by atoms with Gasteiger partial charge in [-0.15, -0.1) is 0 Å². The smallest absolute Gasteiger partial charge is 0.273 e. The van der Waals surface area contributed by atoms with Crippen LogP contribution in [0.5, 0.6) is 0 Å². The normalized spacial score (nSPS) is 16.3. The van der Waals surface area contributed by atoms with Gasteiger partial charge in [0.15, 0.2) is 5.16 Å². The molecule has 1 fully saturated rings. The quantitative estimate of drug-likeness (QED) is 0.390. The van der Waals surface area contributed by atoms with Crippen molar-refractivity contribution in [2.75, 3.05) is 11.2 Å². The van der Waals surface area contributed by atoms with Crippen molar-refractivity contribution in [1.29, 1.82) is 0 Å². The van der Waals surface area contributed by atoms with Crippen molar-refractivity contribution in [3.8, 4) is 0 Å². The summed E-state index contributed by atoms with van der Waals surface area (Å²) in [5.41, 5.74) is -0.153. The number of amides is 4.